The lowest BCUT2D eigenvalue weighted by Gasteiger charge is -2.32. The number of aromatic hydroxyl groups is 1. The lowest BCUT2D eigenvalue weighted by Crippen LogP contribution is -2.39. The number of phenols is 1. The van der Waals surface area contributed by atoms with Crippen LogP contribution in [-0.2, 0) is 0 Å². The van der Waals surface area contributed by atoms with Crippen LogP contribution in [0.15, 0.2) is 42.7 Å². The molecule has 0 aliphatic carbocycles. The Kier molecular flexibility index (Phi) is 3.41. The molecule has 1 aromatic carbocycles. The number of benzene rings is 1. The highest BCUT2D eigenvalue weighted by Gasteiger charge is 2.24. The van der Waals surface area contributed by atoms with E-state index in [0.717, 1.165) is 25.9 Å². The Hall–Kier alpha value is -2.30. The van der Waals surface area contributed by atoms with Gasteiger partial charge in [-0.05, 0) is 37.1 Å². The first-order valence-electron chi connectivity index (χ1n) is 6.81. The van der Waals surface area contributed by atoms with Crippen molar-refractivity contribution in [1.82, 2.24) is 14.7 Å². The van der Waals surface area contributed by atoms with Crippen LogP contribution < -0.4 is 0 Å². The molecule has 0 unspecified atom stereocenters. The van der Waals surface area contributed by atoms with Crippen LogP contribution >= 0.6 is 0 Å². The summed E-state index contributed by atoms with van der Waals surface area (Å²) in [5.74, 6) is 0.113. The van der Waals surface area contributed by atoms with Crippen LogP contribution in [0.25, 0.3) is 0 Å². The highest BCUT2D eigenvalue weighted by molar-refractivity contribution is 5.94. The van der Waals surface area contributed by atoms with Gasteiger partial charge in [0.05, 0.1) is 6.04 Å². The summed E-state index contributed by atoms with van der Waals surface area (Å²) in [5.41, 5.74) is 0.544. The average molecular weight is 271 g/mol. The monoisotopic (exact) mass is 271 g/mol. The molecule has 1 aliphatic rings. The number of carbonyl (C=O) groups is 1. The minimum Gasteiger partial charge on any atom is -0.508 e. The van der Waals surface area contributed by atoms with Crippen LogP contribution in [-0.4, -0.2) is 38.8 Å². The highest BCUT2D eigenvalue weighted by atomic mass is 16.3. The molecule has 1 aliphatic heterocycles. The quantitative estimate of drug-likeness (QED) is 0.909. The van der Waals surface area contributed by atoms with Crippen LogP contribution in [0.4, 0.5) is 0 Å². The minimum absolute atomic E-state index is 0.0141. The molecule has 0 saturated carbocycles. The van der Waals surface area contributed by atoms with Gasteiger partial charge in [-0.25, -0.2) is 0 Å². The number of piperidine rings is 1. The first-order valence-corrected chi connectivity index (χ1v) is 6.81. The van der Waals surface area contributed by atoms with Crippen LogP contribution in [0.1, 0.15) is 29.2 Å². The molecule has 1 aromatic heterocycles. The van der Waals surface area contributed by atoms with Gasteiger partial charge in [0.25, 0.3) is 5.91 Å². The number of rotatable bonds is 2. The van der Waals surface area contributed by atoms with Gasteiger partial charge in [-0.1, -0.05) is 6.07 Å². The summed E-state index contributed by atoms with van der Waals surface area (Å²) >= 11 is 0. The van der Waals surface area contributed by atoms with Crippen LogP contribution in [0, 0.1) is 0 Å². The van der Waals surface area contributed by atoms with Gasteiger partial charge >= 0.3 is 0 Å². The topological polar surface area (TPSA) is 58.4 Å². The molecule has 2 aromatic rings. The van der Waals surface area contributed by atoms with E-state index in [4.69, 9.17) is 0 Å². The molecule has 2 heterocycles. The largest absolute Gasteiger partial charge is 0.508 e. The molecular formula is C15H17N3O2. The van der Waals surface area contributed by atoms with Crippen LogP contribution in [0.2, 0.25) is 0 Å². The Labute approximate surface area is 117 Å². The predicted octanol–water partition coefficient (Wildman–Crippen LogP) is 2.07. The van der Waals surface area contributed by atoms with Gasteiger partial charge in [0.1, 0.15) is 5.75 Å². The third-order valence-electron chi connectivity index (χ3n) is 3.74. The molecule has 5 heteroatoms. The second-order valence-corrected chi connectivity index (χ2v) is 5.06. The molecule has 1 N–H and O–H groups in total. The summed E-state index contributed by atoms with van der Waals surface area (Å²) in [6.45, 7) is 1.44. The van der Waals surface area contributed by atoms with Gasteiger partial charge in [-0.2, -0.15) is 5.10 Å². The third-order valence-corrected chi connectivity index (χ3v) is 3.74. The van der Waals surface area contributed by atoms with Gasteiger partial charge in [0, 0.05) is 31.0 Å². The summed E-state index contributed by atoms with van der Waals surface area (Å²) in [6.07, 6.45) is 5.57. The van der Waals surface area contributed by atoms with E-state index >= 15 is 0 Å². The van der Waals surface area contributed by atoms with Gasteiger partial charge in [-0.15, -0.1) is 0 Å². The highest BCUT2D eigenvalue weighted by Crippen LogP contribution is 2.23. The third kappa shape index (κ3) is 2.52. The fourth-order valence-corrected chi connectivity index (χ4v) is 2.65. The predicted molar refractivity (Wildman–Crippen MR) is 74.5 cm³/mol. The molecule has 0 spiro atoms. The maximum Gasteiger partial charge on any atom is 0.253 e. The van der Waals surface area contributed by atoms with Crippen molar-refractivity contribution in [3.63, 3.8) is 0 Å². The molecular weight excluding hydrogens is 254 g/mol. The summed E-state index contributed by atoms with van der Waals surface area (Å²) < 4.78 is 1.97. The lowest BCUT2D eigenvalue weighted by atomic mass is 10.0. The van der Waals surface area contributed by atoms with Crippen LogP contribution in [0.5, 0.6) is 5.75 Å². The molecule has 20 heavy (non-hydrogen) atoms. The molecule has 104 valence electrons. The Bertz CT molecular complexity index is 587. The average Bonchev–Trinajstić information content (AvgIpc) is 3.01. The Morgan fingerprint density at radius 1 is 1.25 bits per heavy atom. The number of nitrogens with zero attached hydrogens (tertiary/aromatic N) is 3. The van der Waals surface area contributed by atoms with Crippen molar-refractivity contribution in [3.05, 3.63) is 48.3 Å². The summed E-state index contributed by atoms with van der Waals surface area (Å²) in [7, 11) is 0. The van der Waals surface area contributed by atoms with Crippen LogP contribution in [0.3, 0.4) is 0 Å². The zero-order chi connectivity index (χ0) is 13.9. The summed E-state index contributed by atoms with van der Waals surface area (Å²) in [5, 5.41) is 13.7. The zero-order valence-electron chi connectivity index (χ0n) is 11.1. The number of amides is 1. The molecule has 0 bridgehead atoms. The molecule has 1 fully saturated rings. The Balaban J connectivity index is 1.65. The van der Waals surface area contributed by atoms with E-state index < -0.39 is 0 Å². The van der Waals surface area contributed by atoms with E-state index in [0.29, 0.717) is 11.6 Å². The number of aromatic nitrogens is 2. The lowest BCUT2D eigenvalue weighted by molar-refractivity contribution is 0.0689. The van der Waals surface area contributed by atoms with E-state index in [1.807, 2.05) is 21.8 Å². The van der Waals surface area contributed by atoms with Crippen molar-refractivity contribution >= 4 is 5.91 Å². The summed E-state index contributed by atoms with van der Waals surface area (Å²) in [6, 6.07) is 8.81. The van der Waals surface area contributed by atoms with Gasteiger partial charge in [-0.3, -0.25) is 9.48 Å². The first kappa shape index (κ1) is 12.7. The van der Waals surface area contributed by atoms with Crippen molar-refractivity contribution in [2.45, 2.75) is 18.9 Å². The zero-order valence-corrected chi connectivity index (χ0v) is 11.1. The fraction of sp³-hybridized carbons (Fsp3) is 0.333. The van der Waals surface area contributed by atoms with E-state index in [2.05, 4.69) is 5.10 Å². The van der Waals surface area contributed by atoms with E-state index in [1.54, 1.807) is 24.4 Å². The molecule has 1 saturated heterocycles. The Morgan fingerprint density at radius 2 is 2.05 bits per heavy atom. The van der Waals surface area contributed by atoms with Crippen molar-refractivity contribution in [1.29, 1.82) is 0 Å². The van der Waals surface area contributed by atoms with E-state index in [9.17, 15) is 9.90 Å². The molecule has 1 amide bonds. The second kappa shape index (κ2) is 5.36. The fourth-order valence-electron chi connectivity index (χ4n) is 2.65. The van der Waals surface area contributed by atoms with Gasteiger partial charge in [0.2, 0.25) is 0 Å². The standard InChI is InChI=1S/C15H17N3O2/c19-14-4-1-3-12(11-14)15(20)17-9-5-13(6-10-17)18-8-2-7-16-18/h1-4,7-8,11,13,19H,5-6,9-10H2. The van der Waals surface area contributed by atoms with Crippen molar-refractivity contribution in [2.24, 2.45) is 0 Å². The van der Waals surface area contributed by atoms with E-state index in [1.165, 1.54) is 6.07 Å². The normalized spacial score (nSPS) is 16.3. The van der Waals surface area contributed by atoms with Gasteiger partial charge in [0.15, 0.2) is 0 Å². The SMILES string of the molecule is O=C(c1cccc(O)c1)N1CCC(n2cccn2)CC1. The first-order chi connectivity index (χ1) is 9.74. The molecule has 3 rings (SSSR count). The second-order valence-electron chi connectivity index (χ2n) is 5.06. The van der Waals surface area contributed by atoms with Crippen molar-refractivity contribution in [3.8, 4) is 5.75 Å². The Morgan fingerprint density at radius 3 is 2.70 bits per heavy atom. The van der Waals surface area contributed by atoms with E-state index in [-0.39, 0.29) is 11.7 Å². The number of hydrogen-bond acceptors (Lipinski definition) is 3. The minimum atomic E-state index is -0.0141. The number of likely N-dealkylation sites (tertiary alicyclic amines) is 1. The number of phenolic OH excluding ortho intramolecular Hbond substituents is 1. The van der Waals surface area contributed by atoms with Crippen molar-refractivity contribution < 1.29 is 9.90 Å². The molecule has 5 nitrogen and oxygen atoms in total. The smallest absolute Gasteiger partial charge is 0.253 e. The maximum atomic E-state index is 12.3. The molecule has 0 radical (unpaired) electrons. The molecule has 0 atom stereocenters. The number of carbonyl (C=O) groups excluding carboxylic acids is 1. The van der Waals surface area contributed by atoms with Crippen molar-refractivity contribution in [2.75, 3.05) is 13.1 Å². The van der Waals surface area contributed by atoms with Gasteiger partial charge < -0.3 is 10.0 Å². The number of hydrogen-bond donors (Lipinski definition) is 1. The summed E-state index contributed by atoms with van der Waals surface area (Å²) in [4.78, 5) is 14.2. The maximum absolute atomic E-state index is 12.3.